The molecule has 1 heterocycles. The molecule has 2 N–H and O–H groups in total. The van der Waals surface area contributed by atoms with Gasteiger partial charge in [0.15, 0.2) is 0 Å². The number of nitrogens with two attached hydrogens (primary N) is 1. The second-order valence-corrected chi connectivity index (χ2v) is 7.04. The van der Waals surface area contributed by atoms with E-state index in [1.807, 2.05) is 11.3 Å². The Hall–Kier alpha value is -0.340. The minimum atomic E-state index is 0.0352. The van der Waals surface area contributed by atoms with Crippen molar-refractivity contribution in [3.05, 3.63) is 21.9 Å². The summed E-state index contributed by atoms with van der Waals surface area (Å²) in [5.41, 5.74) is 6.72. The standard InChI is InChI=1S/C15H25NS/c1-4-13-7-8-14(17-13)10-15(16)9-5-6-11(2)12(15)3/h7-8,11-12H,4-6,9-10,16H2,1-3H3. The molecule has 0 aliphatic heterocycles. The summed E-state index contributed by atoms with van der Waals surface area (Å²) in [5, 5.41) is 0. The summed E-state index contributed by atoms with van der Waals surface area (Å²) in [7, 11) is 0. The zero-order valence-corrected chi connectivity index (χ0v) is 12.1. The summed E-state index contributed by atoms with van der Waals surface area (Å²) in [6, 6.07) is 4.55. The lowest BCUT2D eigenvalue weighted by Crippen LogP contribution is -2.52. The van der Waals surface area contributed by atoms with Gasteiger partial charge in [-0.3, -0.25) is 0 Å². The largest absolute Gasteiger partial charge is 0.325 e. The Morgan fingerprint density at radius 2 is 2.06 bits per heavy atom. The minimum Gasteiger partial charge on any atom is -0.325 e. The Morgan fingerprint density at radius 1 is 1.35 bits per heavy atom. The van der Waals surface area contributed by atoms with Crippen LogP contribution in [0, 0.1) is 11.8 Å². The first-order valence-electron chi connectivity index (χ1n) is 6.91. The van der Waals surface area contributed by atoms with Gasteiger partial charge in [-0.1, -0.05) is 33.6 Å². The average molecular weight is 251 g/mol. The molecule has 96 valence electrons. The van der Waals surface area contributed by atoms with Crippen LogP contribution in [0.2, 0.25) is 0 Å². The molecule has 1 aliphatic carbocycles. The van der Waals surface area contributed by atoms with Crippen LogP contribution in [0.1, 0.15) is 49.8 Å². The number of hydrogen-bond donors (Lipinski definition) is 1. The molecule has 1 nitrogen and oxygen atoms in total. The molecule has 2 rings (SSSR count). The molecule has 2 heteroatoms. The van der Waals surface area contributed by atoms with E-state index in [9.17, 15) is 0 Å². The molecule has 1 saturated carbocycles. The van der Waals surface area contributed by atoms with E-state index in [2.05, 4.69) is 32.9 Å². The van der Waals surface area contributed by atoms with E-state index in [1.54, 1.807) is 0 Å². The van der Waals surface area contributed by atoms with Gasteiger partial charge in [-0.25, -0.2) is 0 Å². The molecule has 1 fully saturated rings. The second kappa shape index (κ2) is 5.11. The summed E-state index contributed by atoms with van der Waals surface area (Å²) in [6.07, 6.45) is 6.06. The van der Waals surface area contributed by atoms with Gasteiger partial charge in [0.05, 0.1) is 0 Å². The van der Waals surface area contributed by atoms with Crippen LogP contribution in [0.4, 0.5) is 0 Å². The normalized spacial score (nSPS) is 33.9. The van der Waals surface area contributed by atoms with Gasteiger partial charge in [-0.05, 0) is 36.8 Å². The zero-order valence-electron chi connectivity index (χ0n) is 11.3. The fourth-order valence-electron chi connectivity index (χ4n) is 3.08. The summed E-state index contributed by atoms with van der Waals surface area (Å²) in [5.74, 6) is 1.42. The number of aryl methyl sites for hydroxylation is 1. The summed E-state index contributed by atoms with van der Waals surface area (Å²) >= 11 is 1.95. The highest BCUT2D eigenvalue weighted by Gasteiger charge is 2.38. The van der Waals surface area contributed by atoms with E-state index in [1.165, 1.54) is 29.0 Å². The van der Waals surface area contributed by atoms with Crippen molar-refractivity contribution in [2.75, 3.05) is 0 Å². The molecule has 0 amide bonds. The summed E-state index contributed by atoms with van der Waals surface area (Å²) in [6.45, 7) is 6.93. The van der Waals surface area contributed by atoms with Crippen molar-refractivity contribution < 1.29 is 0 Å². The van der Waals surface area contributed by atoms with Crippen molar-refractivity contribution in [1.82, 2.24) is 0 Å². The Morgan fingerprint density at radius 3 is 2.71 bits per heavy atom. The molecule has 0 radical (unpaired) electrons. The molecule has 0 spiro atoms. The third kappa shape index (κ3) is 2.74. The van der Waals surface area contributed by atoms with E-state index in [0.29, 0.717) is 5.92 Å². The average Bonchev–Trinajstić information content (AvgIpc) is 2.73. The van der Waals surface area contributed by atoms with Crippen LogP contribution >= 0.6 is 11.3 Å². The molecule has 3 atom stereocenters. The van der Waals surface area contributed by atoms with E-state index >= 15 is 0 Å². The fourth-order valence-corrected chi connectivity index (χ4v) is 4.17. The van der Waals surface area contributed by atoms with Crippen LogP contribution in [0.3, 0.4) is 0 Å². The van der Waals surface area contributed by atoms with Crippen molar-refractivity contribution in [1.29, 1.82) is 0 Å². The molecule has 1 aliphatic rings. The van der Waals surface area contributed by atoms with Crippen LogP contribution < -0.4 is 5.73 Å². The SMILES string of the molecule is CCc1ccc(CC2(N)CCCC(C)C2C)s1. The predicted molar refractivity (Wildman–Crippen MR) is 76.5 cm³/mol. The highest BCUT2D eigenvalue weighted by molar-refractivity contribution is 7.12. The van der Waals surface area contributed by atoms with Crippen LogP contribution in [0.15, 0.2) is 12.1 Å². The molecule has 0 bridgehead atoms. The van der Waals surface area contributed by atoms with Gasteiger partial charge < -0.3 is 5.73 Å². The maximum Gasteiger partial charge on any atom is 0.0231 e. The van der Waals surface area contributed by atoms with Gasteiger partial charge in [-0.15, -0.1) is 11.3 Å². The lowest BCUT2D eigenvalue weighted by molar-refractivity contribution is 0.144. The van der Waals surface area contributed by atoms with Crippen LogP contribution in [-0.2, 0) is 12.8 Å². The lowest BCUT2D eigenvalue weighted by Gasteiger charge is -2.43. The van der Waals surface area contributed by atoms with E-state index in [4.69, 9.17) is 5.73 Å². The highest BCUT2D eigenvalue weighted by Crippen LogP contribution is 2.38. The molecule has 17 heavy (non-hydrogen) atoms. The van der Waals surface area contributed by atoms with Crippen molar-refractivity contribution in [3.63, 3.8) is 0 Å². The maximum absolute atomic E-state index is 6.68. The quantitative estimate of drug-likeness (QED) is 0.863. The van der Waals surface area contributed by atoms with Crippen molar-refractivity contribution >= 4 is 11.3 Å². The Labute approximate surface area is 109 Å². The van der Waals surface area contributed by atoms with E-state index < -0.39 is 0 Å². The Kier molecular flexibility index (Phi) is 3.94. The Bertz CT molecular complexity index is 371. The van der Waals surface area contributed by atoms with Gasteiger partial charge in [0.2, 0.25) is 0 Å². The first kappa shape index (κ1) is 13.1. The first-order valence-corrected chi connectivity index (χ1v) is 7.73. The van der Waals surface area contributed by atoms with Gasteiger partial charge in [0, 0.05) is 21.7 Å². The van der Waals surface area contributed by atoms with Gasteiger partial charge in [0.25, 0.3) is 0 Å². The smallest absolute Gasteiger partial charge is 0.0231 e. The third-order valence-corrected chi connectivity index (χ3v) is 5.86. The maximum atomic E-state index is 6.68. The number of rotatable bonds is 3. The predicted octanol–water partition coefficient (Wildman–Crippen LogP) is 4.01. The van der Waals surface area contributed by atoms with Crippen LogP contribution in [-0.4, -0.2) is 5.54 Å². The topological polar surface area (TPSA) is 26.0 Å². The number of hydrogen-bond acceptors (Lipinski definition) is 2. The minimum absolute atomic E-state index is 0.0352. The lowest BCUT2D eigenvalue weighted by atomic mass is 9.67. The first-order chi connectivity index (χ1) is 8.05. The molecule has 0 saturated heterocycles. The van der Waals surface area contributed by atoms with E-state index in [0.717, 1.165) is 18.8 Å². The van der Waals surface area contributed by atoms with Crippen molar-refractivity contribution in [2.45, 2.75) is 58.4 Å². The van der Waals surface area contributed by atoms with Crippen LogP contribution in [0.25, 0.3) is 0 Å². The molecule has 1 aromatic heterocycles. The van der Waals surface area contributed by atoms with Crippen molar-refractivity contribution in [2.24, 2.45) is 17.6 Å². The fraction of sp³-hybridized carbons (Fsp3) is 0.733. The Balaban J connectivity index is 2.10. The molecule has 1 aromatic rings. The van der Waals surface area contributed by atoms with Crippen LogP contribution in [0.5, 0.6) is 0 Å². The molecular formula is C15H25NS. The third-order valence-electron chi connectivity index (χ3n) is 4.63. The monoisotopic (exact) mass is 251 g/mol. The highest BCUT2D eigenvalue weighted by atomic mass is 32.1. The molecule has 3 unspecified atom stereocenters. The van der Waals surface area contributed by atoms with Gasteiger partial charge in [-0.2, -0.15) is 0 Å². The molecule has 0 aromatic carbocycles. The number of thiophene rings is 1. The van der Waals surface area contributed by atoms with Gasteiger partial charge in [0.1, 0.15) is 0 Å². The van der Waals surface area contributed by atoms with Crippen molar-refractivity contribution in [3.8, 4) is 0 Å². The zero-order chi connectivity index (χ0) is 12.5. The summed E-state index contributed by atoms with van der Waals surface area (Å²) in [4.78, 5) is 2.96. The molecular weight excluding hydrogens is 226 g/mol. The van der Waals surface area contributed by atoms with E-state index in [-0.39, 0.29) is 5.54 Å². The second-order valence-electron chi connectivity index (χ2n) is 5.79. The van der Waals surface area contributed by atoms with Gasteiger partial charge >= 0.3 is 0 Å². The summed E-state index contributed by atoms with van der Waals surface area (Å²) < 4.78 is 0.